The average Bonchev–Trinajstić information content (AvgIpc) is 2.09. The molecule has 0 saturated heterocycles. The lowest BCUT2D eigenvalue weighted by Crippen LogP contribution is -2.51. The number of alkyl halides is 5. The summed E-state index contributed by atoms with van der Waals surface area (Å²) in [5.74, 6) is -7.94. The third-order valence-corrected chi connectivity index (χ3v) is 1.35. The van der Waals surface area contributed by atoms with Crippen molar-refractivity contribution in [2.45, 2.75) is 12.1 Å². The Kier molecular flexibility index (Phi) is 4.45. The Labute approximate surface area is 86.2 Å². The molecule has 10 heteroatoms. The molecular weight excluding hydrogens is 241 g/mol. The minimum absolute atomic E-state index is 0.352. The third kappa shape index (κ3) is 3.87. The standard InChI is InChI=1S/C6H8F5N3O2/c7-5(8,6(9,10)11)3(15)13-1-2-14-4(12)16/h1-2H2,(H,13,15)(H3,12,14,16). The maximum absolute atomic E-state index is 12.3. The summed E-state index contributed by atoms with van der Waals surface area (Å²) in [5.41, 5.74) is 4.57. The van der Waals surface area contributed by atoms with Gasteiger partial charge in [0.05, 0.1) is 0 Å². The first kappa shape index (κ1) is 14.4. The Morgan fingerprint density at radius 1 is 1.00 bits per heavy atom. The summed E-state index contributed by atoms with van der Waals surface area (Å²) in [4.78, 5) is 20.5. The van der Waals surface area contributed by atoms with Gasteiger partial charge < -0.3 is 16.4 Å². The van der Waals surface area contributed by atoms with Crippen LogP contribution in [-0.2, 0) is 4.79 Å². The molecule has 0 aliphatic carbocycles. The molecule has 0 aromatic heterocycles. The van der Waals surface area contributed by atoms with E-state index in [9.17, 15) is 31.5 Å². The van der Waals surface area contributed by atoms with Gasteiger partial charge in [0.25, 0.3) is 5.91 Å². The molecule has 0 atom stereocenters. The van der Waals surface area contributed by atoms with E-state index in [2.05, 4.69) is 5.73 Å². The Bertz CT molecular complexity index is 278. The normalized spacial score (nSPS) is 12.1. The van der Waals surface area contributed by atoms with Gasteiger partial charge in [0.15, 0.2) is 0 Å². The van der Waals surface area contributed by atoms with Gasteiger partial charge in [-0.3, -0.25) is 4.79 Å². The third-order valence-electron chi connectivity index (χ3n) is 1.35. The van der Waals surface area contributed by atoms with Crippen LogP contribution in [0.1, 0.15) is 0 Å². The van der Waals surface area contributed by atoms with Gasteiger partial charge in [-0.15, -0.1) is 0 Å². The van der Waals surface area contributed by atoms with E-state index < -0.39 is 30.6 Å². The topological polar surface area (TPSA) is 84.2 Å². The van der Waals surface area contributed by atoms with Crippen molar-refractivity contribution in [2.24, 2.45) is 5.73 Å². The number of carbonyl (C=O) groups excluding carboxylic acids is 2. The average molecular weight is 249 g/mol. The molecule has 0 heterocycles. The van der Waals surface area contributed by atoms with Crippen molar-refractivity contribution in [3.05, 3.63) is 0 Å². The Balaban J connectivity index is 4.12. The molecule has 0 bridgehead atoms. The Morgan fingerprint density at radius 2 is 1.44 bits per heavy atom. The fourth-order valence-electron chi connectivity index (χ4n) is 0.601. The fourth-order valence-corrected chi connectivity index (χ4v) is 0.601. The van der Waals surface area contributed by atoms with E-state index in [0.717, 1.165) is 0 Å². The van der Waals surface area contributed by atoms with Crippen molar-refractivity contribution in [2.75, 3.05) is 13.1 Å². The van der Waals surface area contributed by atoms with Gasteiger partial charge in [0.1, 0.15) is 0 Å². The van der Waals surface area contributed by atoms with Crippen LogP contribution in [0.15, 0.2) is 0 Å². The predicted molar refractivity (Wildman–Crippen MR) is 41.6 cm³/mol. The minimum Gasteiger partial charge on any atom is -0.352 e. The number of urea groups is 1. The highest BCUT2D eigenvalue weighted by atomic mass is 19.4. The van der Waals surface area contributed by atoms with E-state index in [1.54, 1.807) is 0 Å². The second kappa shape index (κ2) is 4.94. The zero-order valence-electron chi connectivity index (χ0n) is 7.70. The van der Waals surface area contributed by atoms with Crippen molar-refractivity contribution >= 4 is 11.9 Å². The lowest BCUT2D eigenvalue weighted by molar-refractivity contribution is -0.269. The SMILES string of the molecule is NC(=O)NCCNC(=O)C(F)(F)C(F)(F)F. The summed E-state index contributed by atoms with van der Waals surface area (Å²) in [6.07, 6.45) is -5.95. The number of nitrogens with two attached hydrogens (primary N) is 1. The summed E-state index contributed by atoms with van der Waals surface area (Å²) < 4.78 is 59.4. The Morgan fingerprint density at radius 3 is 1.81 bits per heavy atom. The maximum atomic E-state index is 12.3. The van der Waals surface area contributed by atoms with Crippen LogP contribution < -0.4 is 16.4 Å². The summed E-state index contributed by atoms with van der Waals surface area (Å²) in [7, 11) is 0. The van der Waals surface area contributed by atoms with Gasteiger partial charge in [-0.05, 0) is 0 Å². The molecule has 3 amide bonds. The largest absolute Gasteiger partial charge is 0.463 e. The number of halogens is 5. The number of nitrogens with one attached hydrogen (secondary N) is 2. The number of amides is 3. The lowest BCUT2D eigenvalue weighted by atomic mass is 10.3. The number of carbonyl (C=O) groups is 2. The van der Waals surface area contributed by atoms with Crippen LogP contribution >= 0.6 is 0 Å². The smallest absolute Gasteiger partial charge is 0.352 e. The van der Waals surface area contributed by atoms with Crippen LogP contribution in [0.3, 0.4) is 0 Å². The van der Waals surface area contributed by atoms with Crippen molar-refractivity contribution in [3.63, 3.8) is 0 Å². The number of rotatable bonds is 4. The van der Waals surface area contributed by atoms with Gasteiger partial charge in [-0.2, -0.15) is 22.0 Å². The molecule has 0 aromatic rings. The van der Waals surface area contributed by atoms with Crippen LogP contribution in [0.2, 0.25) is 0 Å². The van der Waals surface area contributed by atoms with E-state index in [4.69, 9.17) is 0 Å². The van der Waals surface area contributed by atoms with Gasteiger partial charge in [0, 0.05) is 13.1 Å². The molecule has 0 spiro atoms. The predicted octanol–water partition coefficient (Wildman–Crippen LogP) is -0.0315. The van der Waals surface area contributed by atoms with Crippen molar-refractivity contribution in [1.29, 1.82) is 0 Å². The molecule has 0 aromatic carbocycles. The number of primary amides is 1. The first-order valence-corrected chi connectivity index (χ1v) is 3.85. The first-order valence-electron chi connectivity index (χ1n) is 3.85. The van der Waals surface area contributed by atoms with Crippen LogP contribution in [-0.4, -0.2) is 37.1 Å². The van der Waals surface area contributed by atoms with Crippen LogP contribution in [0.25, 0.3) is 0 Å². The monoisotopic (exact) mass is 249 g/mol. The van der Waals surface area contributed by atoms with E-state index in [1.165, 1.54) is 5.32 Å². The lowest BCUT2D eigenvalue weighted by Gasteiger charge is -2.18. The molecule has 94 valence electrons. The second-order valence-electron chi connectivity index (χ2n) is 2.62. The molecular formula is C6H8F5N3O2. The van der Waals surface area contributed by atoms with Gasteiger partial charge in [0.2, 0.25) is 0 Å². The molecule has 0 unspecified atom stereocenters. The number of hydrogen-bond donors (Lipinski definition) is 3. The molecule has 5 nitrogen and oxygen atoms in total. The summed E-state index contributed by atoms with van der Waals surface area (Å²) in [6.45, 7) is -0.942. The highest BCUT2D eigenvalue weighted by Gasteiger charge is 2.63. The quantitative estimate of drug-likeness (QED) is 0.482. The van der Waals surface area contributed by atoms with Crippen molar-refractivity contribution < 1.29 is 31.5 Å². The second-order valence-corrected chi connectivity index (χ2v) is 2.62. The first-order chi connectivity index (χ1) is 7.09. The summed E-state index contributed by atoms with van der Waals surface area (Å²) in [6, 6.07) is -0.989. The molecule has 0 radical (unpaired) electrons. The summed E-state index contributed by atoms with van der Waals surface area (Å²) >= 11 is 0. The van der Waals surface area contributed by atoms with Crippen LogP contribution in [0.4, 0.5) is 26.7 Å². The molecule has 4 N–H and O–H groups in total. The van der Waals surface area contributed by atoms with Crippen LogP contribution in [0, 0.1) is 0 Å². The van der Waals surface area contributed by atoms with E-state index >= 15 is 0 Å². The van der Waals surface area contributed by atoms with Crippen molar-refractivity contribution in [1.82, 2.24) is 10.6 Å². The Hall–Kier alpha value is -1.61. The molecule has 0 fully saturated rings. The van der Waals surface area contributed by atoms with Gasteiger partial charge >= 0.3 is 18.1 Å². The van der Waals surface area contributed by atoms with E-state index in [1.807, 2.05) is 5.32 Å². The highest BCUT2D eigenvalue weighted by molar-refractivity contribution is 5.84. The van der Waals surface area contributed by atoms with E-state index in [0.29, 0.717) is 0 Å². The maximum Gasteiger partial charge on any atom is 0.463 e. The zero-order valence-corrected chi connectivity index (χ0v) is 7.70. The summed E-state index contributed by atoms with van der Waals surface area (Å²) in [5, 5.41) is 3.19. The highest BCUT2D eigenvalue weighted by Crippen LogP contribution is 2.35. The zero-order chi connectivity index (χ0) is 13.0. The molecule has 0 aliphatic rings. The van der Waals surface area contributed by atoms with Crippen molar-refractivity contribution in [3.8, 4) is 0 Å². The van der Waals surface area contributed by atoms with E-state index in [-0.39, 0.29) is 6.54 Å². The molecule has 0 aliphatic heterocycles. The van der Waals surface area contributed by atoms with Gasteiger partial charge in [-0.25, -0.2) is 4.79 Å². The van der Waals surface area contributed by atoms with Gasteiger partial charge in [-0.1, -0.05) is 0 Å². The molecule has 0 rings (SSSR count). The molecule has 16 heavy (non-hydrogen) atoms. The fraction of sp³-hybridized carbons (Fsp3) is 0.667. The van der Waals surface area contributed by atoms with Crippen LogP contribution in [0.5, 0.6) is 0 Å². The number of hydrogen-bond acceptors (Lipinski definition) is 2. The molecule has 0 saturated carbocycles. The minimum atomic E-state index is -5.95.